The van der Waals surface area contributed by atoms with Gasteiger partial charge in [-0.15, -0.1) is 0 Å². The second kappa shape index (κ2) is 4.99. The predicted molar refractivity (Wildman–Crippen MR) is 25.8 cm³/mol. The summed E-state index contributed by atoms with van der Waals surface area (Å²) >= 11 is 0. The lowest BCUT2D eigenvalue weighted by atomic mass is 9.80. The van der Waals surface area contributed by atoms with Crippen LogP contribution in [0.15, 0.2) is 0 Å². The Bertz CT molecular complexity index is 167. The molecule has 0 saturated heterocycles. The molecule has 0 amide bonds. The molecule has 92 valence electrons. The lowest BCUT2D eigenvalue weighted by Gasteiger charge is -2.35. The second-order valence-corrected chi connectivity index (χ2v) is 1.98. The molecule has 0 aliphatic carbocycles. The molecule has 15 heavy (non-hydrogen) atoms. The summed E-state index contributed by atoms with van der Waals surface area (Å²) in [5.74, 6) is -6.56. The molecule has 0 aliphatic heterocycles. The fourth-order valence-electron chi connectivity index (χ4n) is 0.186. The lowest BCUT2D eigenvalue weighted by molar-refractivity contribution is -0.479. The summed E-state index contributed by atoms with van der Waals surface area (Å²) in [6.45, 7) is -7.21. The third kappa shape index (κ3) is 5.79. The number of alkyl halides is 5. The molecule has 0 saturated carbocycles. The maximum atomic E-state index is 11.2. The van der Waals surface area contributed by atoms with Crippen LogP contribution in [0.3, 0.4) is 0 Å². The van der Waals surface area contributed by atoms with Crippen molar-refractivity contribution in [2.75, 3.05) is 0 Å². The van der Waals surface area contributed by atoms with E-state index in [4.69, 9.17) is 15.1 Å². The molecule has 0 unspecified atom stereocenters. The fraction of sp³-hybridized carbons (Fsp3) is 1.00. The van der Waals surface area contributed by atoms with Gasteiger partial charge in [0.15, 0.2) is 0 Å². The Morgan fingerprint density at radius 2 is 1.00 bits per heavy atom. The molecule has 0 spiro atoms. The molecule has 0 bridgehead atoms. The largest absolute Gasteiger partial charge is 0.907 e. The molecule has 0 rings (SSSR count). The minimum absolute atomic E-state index is 2.92. The van der Waals surface area contributed by atoms with Crippen LogP contribution in [0.5, 0.6) is 0 Å². The molecule has 0 radical (unpaired) electrons. The molecule has 0 aromatic rings. The van der Waals surface area contributed by atoms with Crippen LogP contribution in [0.1, 0.15) is 0 Å². The molecule has 0 aromatic carbocycles. The summed E-state index contributed by atoms with van der Waals surface area (Å²) in [5, 5.41) is 25.2. The van der Waals surface area contributed by atoms with Crippen molar-refractivity contribution >= 4 is 14.3 Å². The molecule has 0 heterocycles. The van der Waals surface area contributed by atoms with Crippen molar-refractivity contribution in [2.45, 2.75) is 12.0 Å². The van der Waals surface area contributed by atoms with E-state index >= 15 is 0 Å². The van der Waals surface area contributed by atoms with Gasteiger partial charge in [0.25, 0.3) is 0 Å². The SMILES string of the molecule is F[B-](F)(F)C(F)(F)C(F)(F)F.[O-]B([O-])[O-]. The first-order chi connectivity index (χ1) is 6.23. The summed E-state index contributed by atoms with van der Waals surface area (Å²) in [6, 6.07) is 0. The monoisotopic (exact) mass is 246 g/mol. The zero-order valence-electron chi connectivity index (χ0n) is 6.40. The molecular formula is C2B2F8O3-4. The minimum atomic E-state index is -7.21. The van der Waals surface area contributed by atoms with Gasteiger partial charge in [-0.1, -0.05) is 0 Å². The molecule has 0 fully saturated rings. The molecular weight excluding hydrogens is 246 g/mol. The molecule has 13 heteroatoms. The van der Waals surface area contributed by atoms with E-state index in [1.807, 2.05) is 0 Å². The smallest absolute Gasteiger partial charge is 0.558 e. The maximum Gasteiger partial charge on any atom is 0.558 e. The quantitative estimate of drug-likeness (QED) is 0.423. The van der Waals surface area contributed by atoms with Crippen molar-refractivity contribution in [1.82, 2.24) is 0 Å². The zero-order chi connectivity index (χ0) is 13.1. The van der Waals surface area contributed by atoms with Gasteiger partial charge in [-0.05, 0) is 0 Å². The Morgan fingerprint density at radius 3 is 1.00 bits per heavy atom. The molecule has 3 nitrogen and oxygen atoms in total. The third-order valence-electron chi connectivity index (χ3n) is 0.789. The molecule has 0 aliphatic rings. The van der Waals surface area contributed by atoms with Crippen molar-refractivity contribution in [2.24, 2.45) is 0 Å². The summed E-state index contributed by atoms with van der Waals surface area (Å²) in [5.41, 5.74) is 0. The van der Waals surface area contributed by atoms with Crippen LogP contribution in [0, 0.1) is 0 Å². The number of rotatable bonds is 1. The van der Waals surface area contributed by atoms with Crippen molar-refractivity contribution in [1.29, 1.82) is 0 Å². The van der Waals surface area contributed by atoms with Crippen molar-refractivity contribution in [3.8, 4) is 0 Å². The Labute approximate surface area is 77.6 Å². The van der Waals surface area contributed by atoms with Crippen LogP contribution in [-0.2, 0) is 0 Å². The van der Waals surface area contributed by atoms with Crippen molar-refractivity contribution in [3.63, 3.8) is 0 Å². The average Bonchev–Trinajstić information content (AvgIpc) is 1.79. The first-order valence-corrected chi connectivity index (χ1v) is 2.85. The normalized spacial score (nSPS) is 13.0. The van der Waals surface area contributed by atoms with Gasteiger partial charge in [-0.2, -0.15) is 13.2 Å². The molecule has 0 aromatic heterocycles. The summed E-state index contributed by atoms with van der Waals surface area (Å²) in [4.78, 5) is 0. The Hall–Kier alpha value is -0.550. The van der Waals surface area contributed by atoms with Gasteiger partial charge < -0.3 is 28.0 Å². The highest BCUT2D eigenvalue weighted by Crippen LogP contribution is 2.43. The standard InChI is InChI=1S/C2BF8.BO3/c4-1(5,2(6,7)8)3(9,10)11;2-1(3)4/q-1;-3. The summed E-state index contributed by atoms with van der Waals surface area (Å²) in [6.07, 6.45) is -6.55. The Morgan fingerprint density at radius 1 is 0.800 bits per heavy atom. The third-order valence-corrected chi connectivity index (χ3v) is 0.789. The van der Waals surface area contributed by atoms with Gasteiger partial charge in [0, 0.05) is 0 Å². The zero-order valence-corrected chi connectivity index (χ0v) is 6.40. The van der Waals surface area contributed by atoms with Crippen molar-refractivity contribution in [3.05, 3.63) is 0 Å². The highest BCUT2D eigenvalue weighted by molar-refractivity contribution is 6.61. The van der Waals surface area contributed by atoms with Crippen LogP contribution in [0.2, 0.25) is 0 Å². The minimum Gasteiger partial charge on any atom is -0.907 e. The van der Waals surface area contributed by atoms with Gasteiger partial charge >= 0.3 is 19.0 Å². The lowest BCUT2D eigenvalue weighted by Crippen LogP contribution is -2.56. The maximum absolute atomic E-state index is 11.2. The van der Waals surface area contributed by atoms with Gasteiger partial charge in [0.1, 0.15) is 0 Å². The van der Waals surface area contributed by atoms with Gasteiger partial charge in [-0.3, -0.25) is 7.32 Å². The molecule has 0 atom stereocenters. The average molecular weight is 246 g/mol. The Kier molecular flexibility index (Phi) is 5.60. The molecule has 0 N–H and O–H groups in total. The highest BCUT2D eigenvalue weighted by Gasteiger charge is 2.69. The predicted octanol–water partition coefficient (Wildman–Crippen LogP) is -1.38. The van der Waals surface area contributed by atoms with Crippen LogP contribution < -0.4 is 15.1 Å². The highest BCUT2D eigenvalue weighted by atomic mass is 19.4. The van der Waals surface area contributed by atoms with E-state index in [0.29, 0.717) is 0 Å². The number of hydrogen-bond acceptors (Lipinski definition) is 3. The van der Waals surface area contributed by atoms with Crippen LogP contribution in [-0.4, -0.2) is 26.3 Å². The van der Waals surface area contributed by atoms with Crippen LogP contribution in [0.25, 0.3) is 0 Å². The van der Waals surface area contributed by atoms with Gasteiger partial charge in [0.2, 0.25) is 0 Å². The van der Waals surface area contributed by atoms with E-state index in [9.17, 15) is 34.9 Å². The van der Waals surface area contributed by atoms with E-state index < -0.39 is 26.3 Å². The fourth-order valence-corrected chi connectivity index (χ4v) is 0.186. The second-order valence-electron chi connectivity index (χ2n) is 1.98. The van der Waals surface area contributed by atoms with Gasteiger partial charge in [-0.25, -0.2) is 8.78 Å². The van der Waals surface area contributed by atoms with Crippen LogP contribution in [0.4, 0.5) is 34.9 Å². The topological polar surface area (TPSA) is 69.2 Å². The van der Waals surface area contributed by atoms with E-state index in [1.165, 1.54) is 0 Å². The first-order valence-electron chi connectivity index (χ1n) is 2.85. The summed E-state index contributed by atoms with van der Waals surface area (Å²) in [7, 11) is -2.92. The first kappa shape index (κ1) is 16.9. The van der Waals surface area contributed by atoms with Crippen molar-refractivity contribution < 1.29 is 50.0 Å². The van der Waals surface area contributed by atoms with E-state index in [2.05, 4.69) is 0 Å². The number of hydrogen-bond donors (Lipinski definition) is 0. The van der Waals surface area contributed by atoms with E-state index in [-0.39, 0.29) is 0 Å². The van der Waals surface area contributed by atoms with E-state index in [1.54, 1.807) is 0 Å². The van der Waals surface area contributed by atoms with E-state index in [0.717, 1.165) is 0 Å². The van der Waals surface area contributed by atoms with Gasteiger partial charge in [0.05, 0.1) is 0 Å². The summed E-state index contributed by atoms with van der Waals surface area (Å²) < 4.78 is 87.8. The Balaban J connectivity index is 0. The van der Waals surface area contributed by atoms with Crippen LogP contribution >= 0.6 is 0 Å². The number of halogens is 8.